The van der Waals surface area contributed by atoms with E-state index in [4.69, 9.17) is 0 Å². The van der Waals surface area contributed by atoms with Crippen LogP contribution in [0.15, 0.2) is 54.6 Å². The number of carbonyl (C=O) groups is 2. The van der Waals surface area contributed by atoms with Gasteiger partial charge in [-0.3, -0.25) is 19.4 Å². The minimum absolute atomic E-state index is 0.411. The Morgan fingerprint density at radius 1 is 0.955 bits per heavy atom. The maximum absolute atomic E-state index is 12.2. The third-order valence-electron chi connectivity index (χ3n) is 3.92. The van der Waals surface area contributed by atoms with Crippen molar-refractivity contribution >= 4 is 17.4 Å². The number of ketones is 1. The SMILES string of the molecule is CCN(Cc1ccccc1)CN1C(=O)C(=O)c2ccccc21. The largest absolute Gasteiger partial charge is 0.300 e. The average molecular weight is 294 g/mol. The van der Waals surface area contributed by atoms with Gasteiger partial charge in [-0.1, -0.05) is 49.4 Å². The number of carbonyl (C=O) groups excluding carboxylic acids is 2. The van der Waals surface area contributed by atoms with Crippen LogP contribution in [-0.2, 0) is 11.3 Å². The third kappa shape index (κ3) is 2.65. The fourth-order valence-electron chi connectivity index (χ4n) is 2.69. The molecule has 0 saturated carbocycles. The molecule has 0 aliphatic carbocycles. The van der Waals surface area contributed by atoms with Crippen LogP contribution in [0.1, 0.15) is 22.8 Å². The van der Waals surface area contributed by atoms with Gasteiger partial charge >= 0.3 is 5.91 Å². The van der Waals surface area contributed by atoms with Crippen LogP contribution in [0.25, 0.3) is 0 Å². The van der Waals surface area contributed by atoms with E-state index in [0.717, 1.165) is 13.1 Å². The predicted molar refractivity (Wildman–Crippen MR) is 85.7 cm³/mol. The highest BCUT2D eigenvalue weighted by molar-refractivity contribution is 6.52. The molecule has 2 aromatic rings. The van der Waals surface area contributed by atoms with Gasteiger partial charge in [0.25, 0.3) is 5.78 Å². The predicted octanol–water partition coefficient (Wildman–Crippen LogP) is 2.70. The first-order chi connectivity index (χ1) is 10.7. The molecule has 0 radical (unpaired) electrons. The normalized spacial score (nSPS) is 13.8. The highest BCUT2D eigenvalue weighted by Crippen LogP contribution is 2.28. The maximum atomic E-state index is 12.2. The van der Waals surface area contributed by atoms with E-state index in [2.05, 4.69) is 24.0 Å². The zero-order valence-electron chi connectivity index (χ0n) is 12.5. The molecule has 4 heteroatoms. The third-order valence-corrected chi connectivity index (χ3v) is 3.92. The molecular weight excluding hydrogens is 276 g/mol. The van der Waals surface area contributed by atoms with Crippen LogP contribution < -0.4 is 4.90 Å². The van der Waals surface area contributed by atoms with Crippen LogP contribution in [0.5, 0.6) is 0 Å². The Balaban J connectivity index is 1.79. The first-order valence-electron chi connectivity index (χ1n) is 7.42. The molecule has 0 saturated heterocycles. The van der Waals surface area contributed by atoms with Crippen LogP contribution in [0.4, 0.5) is 5.69 Å². The molecule has 0 N–H and O–H groups in total. The summed E-state index contributed by atoms with van der Waals surface area (Å²) in [6.07, 6.45) is 0. The van der Waals surface area contributed by atoms with Crippen LogP contribution >= 0.6 is 0 Å². The first-order valence-corrected chi connectivity index (χ1v) is 7.42. The summed E-state index contributed by atoms with van der Waals surface area (Å²) in [6.45, 7) is 4.02. The van der Waals surface area contributed by atoms with Gasteiger partial charge in [0, 0.05) is 6.54 Å². The van der Waals surface area contributed by atoms with E-state index < -0.39 is 11.7 Å². The topological polar surface area (TPSA) is 40.6 Å². The highest BCUT2D eigenvalue weighted by atomic mass is 16.2. The van der Waals surface area contributed by atoms with Crippen molar-refractivity contribution in [3.63, 3.8) is 0 Å². The molecule has 0 bridgehead atoms. The van der Waals surface area contributed by atoms with E-state index in [1.807, 2.05) is 30.3 Å². The van der Waals surface area contributed by atoms with Crippen molar-refractivity contribution in [3.05, 3.63) is 65.7 Å². The minimum atomic E-state index is -0.437. The number of fused-ring (bicyclic) bond motifs is 1. The molecule has 0 unspecified atom stereocenters. The van der Waals surface area contributed by atoms with Gasteiger partial charge in [-0.15, -0.1) is 0 Å². The van der Waals surface area contributed by atoms with Crippen LogP contribution in [0, 0.1) is 0 Å². The fraction of sp³-hybridized carbons (Fsp3) is 0.222. The summed E-state index contributed by atoms with van der Waals surface area (Å²) in [6, 6.07) is 17.3. The molecule has 1 aliphatic rings. The molecule has 2 aromatic carbocycles. The number of Topliss-reactive ketones (excluding diaryl/α,β-unsaturated/α-hetero) is 1. The van der Waals surface area contributed by atoms with Gasteiger partial charge in [0.1, 0.15) is 0 Å². The van der Waals surface area contributed by atoms with Gasteiger partial charge in [0.05, 0.1) is 17.9 Å². The smallest absolute Gasteiger partial charge is 0.291 e. The summed E-state index contributed by atoms with van der Waals surface area (Å²) in [5.41, 5.74) is 2.41. The van der Waals surface area contributed by atoms with Crippen LogP contribution in [0.3, 0.4) is 0 Å². The van der Waals surface area contributed by atoms with Gasteiger partial charge in [0.15, 0.2) is 0 Å². The van der Waals surface area contributed by atoms with Crippen molar-refractivity contribution in [2.45, 2.75) is 13.5 Å². The lowest BCUT2D eigenvalue weighted by Crippen LogP contribution is -2.40. The van der Waals surface area contributed by atoms with Crippen molar-refractivity contribution < 1.29 is 9.59 Å². The van der Waals surface area contributed by atoms with E-state index in [-0.39, 0.29) is 0 Å². The lowest BCUT2D eigenvalue weighted by molar-refractivity contribution is -0.114. The number of rotatable bonds is 5. The maximum Gasteiger partial charge on any atom is 0.300 e. The Morgan fingerprint density at radius 2 is 1.64 bits per heavy atom. The molecule has 22 heavy (non-hydrogen) atoms. The van der Waals surface area contributed by atoms with Crippen LogP contribution in [-0.4, -0.2) is 29.8 Å². The number of benzene rings is 2. The van der Waals surface area contributed by atoms with Gasteiger partial charge in [0.2, 0.25) is 0 Å². The second-order valence-corrected chi connectivity index (χ2v) is 5.35. The van der Waals surface area contributed by atoms with Crippen molar-refractivity contribution in [1.29, 1.82) is 0 Å². The zero-order chi connectivity index (χ0) is 15.5. The van der Waals surface area contributed by atoms with E-state index in [9.17, 15) is 9.59 Å². The second-order valence-electron chi connectivity index (χ2n) is 5.35. The molecular formula is C18H18N2O2. The van der Waals surface area contributed by atoms with E-state index >= 15 is 0 Å². The van der Waals surface area contributed by atoms with Gasteiger partial charge in [-0.25, -0.2) is 0 Å². The molecule has 0 aromatic heterocycles. The Hall–Kier alpha value is -2.46. The first kappa shape index (κ1) is 14.5. The Bertz CT molecular complexity index is 697. The molecule has 1 amide bonds. The number of anilines is 1. The molecule has 4 nitrogen and oxygen atoms in total. The monoisotopic (exact) mass is 294 g/mol. The summed E-state index contributed by atoms with van der Waals surface area (Å²) in [5, 5.41) is 0. The van der Waals surface area contributed by atoms with Crippen molar-refractivity contribution in [2.75, 3.05) is 18.1 Å². The summed E-state index contributed by atoms with van der Waals surface area (Å²) >= 11 is 0. The molecule has 0 atom stereocenters. The molecule has 1 heterocycles. The zero-order valence-corrected chi connectivity index (χ0v) is 12.5. The second kappa shape index (κ2) is 6.12. The Morgan fingerprint density at radius 3 is 2.36 bits per heavy atom. The molecule has 112 valence electrons. The van der Waals surface area contributed by atoms with Crippen LogP contribution in [0.2, 0.25) is 0 Å². The summed E-state index contributed by atoms with van der Waals surface area (Å²) < 4.78 is 0. The van der Waals surface area contributed by atoms with Crippen molar-refractivity contribution in [1.82, 2.24) is 4.90 Å². The summed E-state index contributed by atoms with van der Waals surface area (Å²) in [5.74, 6) is -0.848. The Labute approximate surface area is 130 Å². The molecule has 0 spiro atoms. The lowest BCUT2D eigenvalue weighted by atomic mass is 10.1. The van der Waals surface area contributed by atoms with Gasteiger partial charge in [-0.05, 0) is 24.2 Å². The number of hydrogen-bond acceptors (Lipinski definition) is 3. The van der Waals surface area contributed by atoms with E-state index in [0.29, 0.717) is 17.9 Å². The summed E-state index contributed by atoms with van der Waals surface area (Å²) in [7, 11) is 0. The Kier molecular flexibility index (Phi) is 4.02. The fourth-order valence-corrected chi connectivity index (χ4v) is 2.69. The van der Waals surface area contributed by atoms with Gasteiger partial charge < -0.3 is 0 Å². The quantitative estimate of drug-likeness (QED) is 0.796. The van der Waals surface area contributed by atoms with Crippen molar-refractivity contribution in [2.24, 2.45) is 0 Å². The van der Waals surface area contributed by atoms with E-state index in [1.165, 1.54) is 5.56 Å². The number of amides is 1. The molecule has 3 rings (SSSR count). The summed E-state index contributed by atoms with van der Waals surface area (Å²) in [4.78, 5) is 28.0. The molecule has 0 fully saturated rings. The van der Waals surface area contributed by atoms with Crippen molar-refractivity contribution in [3.8, 4) is 0 Å². The van der Waals surface area contributed by atoms with Gasteiger partial charge in [-0.2, -0.15) is 0 Å². The number of nitrogens with zero attached hydrogens (tertiary/aromatic N) is 2. The standard InChI is InChI=1S/C18H18N2O2/c1-2-19(12-14-8-4-3-5-9-14)13-20-16-11-7-6-10-15(16)17(21)18(20)22/h3-11H,2,12-13H2,1H3. The highest BCUT2D eigenvalue weighted by Gasteiger charge is 2.35. The number of hydrogen-bond donors (Lipinski definition) is 0. The lowest BCUT2D eigenvalue weighted by Gasteiger charge is -2.26. The molecule has 1 aliphatic heterocycles. The average Bonchev–Trinajstić information content (AvgIpc) is 2.80. The minimum Gasteiger partial charge on any atom is -0.291 e. The number of para-hydroxylation sites is 1. The van der Waals surface area contributed by atoms with E-state index in [1.54, 1.807) is 17.0 Å².